The fraction of sp³-hybridized carbons (Fsp3) is 0.333. The van der Waals surface area contributed by atoms with E-state index in [1.165, 1.54) is 0 Å². The molecule has 2 aliphatic heterocycles. The molecule has 3 rings (SSSR count). The number of piperazine rings is 1. The minimum absolute atomic E-state index is 0.859. The van der Waals surface area contributed by atoms with E-state index in [9.17, 15) is 0 Å². The Labute approximate surface area is 113 Å². The number of hydrogen-bond donors (Lipinski definition) is 2. The maximum atomic E-state index is 5.50. The van der Waals surface area contributed by atoms with Gasteiger partial charge in [0.2, 0.25) is 0 Å². The highest BCUT2D eigenvalue weighted by Crippen LogP contribution is 2.24. The standard InChI is InChI=1S/C15H19N3O/c1-2-6-15-13(4-1)12-14(17-19-15)5-3-9-18-10-7-16-8-11-18/h1-4,6,9,12,16-17H,5,7-8,10-11H2. The van der Waals surface area contributed by atoms with Gasteiger partial charge in [-0.3, -0.25) is 0 Å². The van der Waals surface area contributed by atoms with Crippen molar-refractivity contribution in [1.29, 1.82) is 0 Å². The molecule has 0 unspecified atom stereocenters. The van der Waals surface area contributed by atoms with Crippen LogP contribution in [0.3, 0.4) is 0 Å². The molecule has 0 radical (unpaired) electrons. The summed E-state index contributed by atoms with van der Waals surface area (Å²) in [6.07, 6.45) is 7.37. The summed E-state index contributed by atoms with van der Waals surface area (Å²) in [6, 6.07) is 8.03. The summed E-state index contributed by atoms with van der Waals surface area (Å²) in [7, 11) is 0. The van der Waals surface area contributed by atoms with Crippen molar-refractivity contribution in [3.05, 3.63) is 47.8 Å². The second-order valence-electron chi connectivity index (χ2n) is 4.79. The van der Waals surface area contributed by atoms with E-state index in [2.05, 4.69) is 40.1 Å². The van der Waals surface area contributed by atoms with Crippen molar-refractivity contribution in [2.75, 3.05) is 26.2 Å². The third kappa shape index (κ3) is 3.09. The molecule has 4 nitrogen and oxygen atoms in total. The van der Waals surface area contributed by atoms with Gasteiger partial charge in [-0.1, -0.05) is 24.3 Å². The molecule has 0 saturated carbocycles. The average Bonchev–Trinajstić information content (AvgIpc) is 2.48. The number of allylic oxidation sites excluding steroid dienone is 1. The highest BCUT2D eigenvalue weighted by molar-refractivity contribution is 5.61. The van der Waals surface area contributed by atoms with Gasteiger partial charge in [0.05, 0.1) is 5.70 Å². The average molecular weight is 257 g/mol. The first-order valence-corrected chi connectivity index (χ1v) is 6.76. The van der Waals surface area contributed by atoms with E-state index in [0.29, 0.717) is 0 Å². The number of para-hydroxylation sites is 1. The van der Waals surface area contributed by atoms with E-state index in [4.69, 9.17) is 4.84 Å². The molecular formula is C15H19N3O. The Kier molecular flexibility index (Phi) is 3.70. The van der Waals surface area contributed by atoms with Crippen molar-refractivity contribution < 1.29 is 4.84 Å². The first-order chi connectivity index (χ1) is 9.42. The van der Waals surface area contributed by atoms with Crippen molar-refractivity contribution >= 4 is 6.08 Å². The van der Waals surface area contributed by atoms with Crippen molar-refractivity contribution in [3.8, 4) is 5.75 Å². The van der Waals surface area contributed by atoms with Crippen LogP contribution in [0.4, 0.5) is 0 Å². The maximum absolute atomic E-state index is 5.50. The Bertz CT molecular complexity index is 490. The first-order valence-electron chi connectivity index (χ1n) is 6.76. The Morgan fingerprint density at radius 2 is 2.05 bits per heavy atom. The number of fused-ring (bicyclic) bond motifs is 1. The third-order valence-electron chi connectivity index (χ3n) is 3.35. The number of hydrogen-bond acceptors (Lipinski definition) is 4. The summed E-state index contributed by atoms with van der Waals surface area (Å²) < 4.78 is 0. The molecule has 1 aromatic rings. The molecule has 1 fully saturated rings. The second kappa shape index (κ2) is 5.80. The molecule has 0 atom stereocenters. The fourth-order valence-electron chi connectivity index (χ4n) is 2.29. The zero-order valence-corrected chi connectivity index (χ0v) is 10.9. The first kappa shape index (κ1) is 12.1. The van der Waals surface area contributed by atoms with Gasteiger partial charge in [-0.15, -0.1) is 0 Å². The van der Waals surface area contributed by atoms with Crippen LogP contribution in [0.1, 0.15) is 12.0 Å². The molecule has 0 bridgehead atoms. The van der Waals surface area contributed by atoms with Crippen LogP contribution in [-0.4, -0.2) is 31.1 Å². The van der Waals surface area contributed by atoms with Crippen LogP contribution in [0, 0.1) is 0 Å². The molecule has 1 saturated heterocycles. The SMILES string of the molecule is C(=CN1CCNCC1)CC1=Cc2ccccc2ON1. The van der Waals surface area contributed by atoms with Crippen LogP contribution in [-0.2, 0) is 0 Å². The van der Waals surface area contributed by atoms with Crippen LogP contribution in [0.2, 0.25) is 0 Å². The van der Waals surface area contributed by atoms with E-state index < -0.39 is 0 Å². The molecule has 4 heteroatoms. The second-order valence-corrected chi connectivity index (χ2v) is 4.79. The van der Waals surface area contributed by atoms with Crippen molar-refractivity contribution in [1.82, 2.24) is 15.7 Å². The van der Waals surface area contributed by atoms with Crippen LogP contribution in [0.25, 0.3) is 6.08 Å². The Balaban J connectivity index is 1.59. The van der Waals surface area contributed by atoms with Crippen molar-refractivity contribution in [3.63, 3.8) is 0 Å². The zero-order valence-electron chi connectivity index (χ0n) is 10.9. The quantitative estimate of drug-likeness (QED) is 0.864. The molecule has 19 heavy (non-hydrogen) atoms. The number of nitrogens with one attached hydrogen (secondary N) is 2. The normalized spacial score (nSPS) is 18.5. The molecule has 0 aromatic heterocycles. The van der Waals surface area contributed by atoms with E-state index in [1.807, 2.05) is 18.2 Å². The predicted molar refractivity (Wildman–Crippen MR) is 76.4 cm³/mol. The van der Waals surface area contributed by atoms with Gasteiger partial charge < -0.3 is 15.1 Å². The van der Waals surface area contributed by atoms with Gasteiger partial charge in [0.15, 0.2) is 5.75 Å². The molecule has 0 aliphatic carbocycles. The molecule has 0 spiro atoms. The highest BCUT2D eigenvalue weighted by Gasteiger charge is 2.09. The topological polar surface area (TPSA) is 36.5 Å². The van der Waals surface area contributed by atoms with E-state index in [-0.39, 0.29) is 0 Å². The van der Waals surface area contributed by atoms with Crippen LogP contribution in [0.5, 0.6) is 5.75 Å². The fourth-order valence-corrected chi connectivity index (χ4v) is 2.29. The van der Waals surface area contributed by atoms with Crippen LogP contribution < -0.4 is 15.6 Å². The Morgan fingerprint density at radius 1 is 1.21 bits per heavy atom. The summed E-state index contributed by atoms with van der Waals surface area (Å²) in [6.45, 7) is 4.31. The van der Waals surface area contributed by atoms with Gasteiger partial charge >= 0.3 is 0 Å². The molecule has 2 N–H and O–H groups in total. The monoisotopic (exact) mass is 257 g/mol. The maximum Gasteiger partial charge on any atom is 0.162 e. The van der Waals surface area contributed by atoms with Crippen molar-refractivity contribution in [2.24, 2.45) is 0 Å². The highest BCUT2D eigenvalue weighted by atomic mass is 16.6. The Morgan fingerprint density at radius 3 is 2.95 bits per heavy atom. The lowest BCUT2D eigenvalue weighted by atomic mass is 10.1. The zero-order chi connectivity index (χ0) is 12.9. The van der Waals surface area contributed by atoms with Gasteiger partial charge in [0, 0.05) is 38.2 Å². The van der Waals surface area contributed by atoms with Gasteiger partial charge in [-0.25, -0.2) is 5.48 Å². The van der Waals surface area contributed by atoms with Crippen LogP contribution in [0.15, 0.2) is 42.2 Å². The number of nitrogens with zero attached hydrogens (tertiary/aromatic N) is 1. The molecular weight excluding hydrogens is 238 g/mol. The summed E-state index contributed by atoms with van der Waals surface area (Å²) >= 11 is 0. The summed E-state index contributed by atoms with van der Waals surface area (Å²) in [5, 5.41) is 3.35. The summed E-state index contributed by atoms with van der Waals surface area (Å²) in [4.78, 5) is 7.84. The molecule has 1 aromatic carbocycles. The lowest BCUT2D eigenvalue weighted by Crippen LogP contribution is -2.40. The minimum atomic E-state index is 0.859. The van der Waals surface area contributed by atoms with Gasteiger partial charge in [0.25, 0.3) is 0 Å². The molecule has 0 amide bonds. The van der Waals surface area contributed by atoms with Crippen LogP contribution >= 0.6 is 0 Å². The third-order valence-corrected chi connectivity index (χ3v) is 3.35. The lowest BCUT2D eigenvalue weighted by Gasteiger charge is -2.25. The molecule has 2 aliphatic rings. The van der Waals surface area contributed by atoms with Gasteiger partial charge in [-0.05, 0) is 18.3 Å². The molecule has 100 valence electrons. The van der Waals surface area contributed by atoms with Gasteiger partial charge in [-0.2, -0.15) is 0 Å². The number of hydroxylamine groups is 1. The van der Waals surface area contributed by atoms with Crippen molar-refractivity contribution in [2.45, 2.75) is 6.42 Å². The van der Waals surface area contributed by atoms with Gasteiger partial charge in [0.1, 0.15) is 0 Å². The largest absolute Gasteiger partial charge is 0.382 e. The molecule has 2 heterocycles. The number of rotatable bonds is 3. The summed E-state index contributed by atoms with van der Waals surface area (Å²) in [5.41, 5.74) is 5.21. The van der Waals surface area contributed by atoms with E-state index in [0.717, 1.165) is 49.6 Å². The Hall–Kier alpha value is -1.94. The lowest BCUT2D eigenvalue weighted by molar-refractivity contribution is 0.223. The number of benzene rings is 1. The smallest absolute Gasteiger partial charge is 0.162 e. The van der Waals surface area contributed by atoms with E-state index >= 15 is 0 Å². The van der Waals surface area contributed by atoms with E-state index in [1.54, 1.807) is 0 Å². The summed E-state index contributed by atoms with van der Waals surface area (Å²) in [5.74, 6) is 0.886. The predicted octanol–water partition coefficient (Wildman–Crippen LogP) is 1.73. The minimum Gasteiger partial charge on any atom is -0.382 e.